The van der Waals surface area contributed by atoms with Crippen LogP contribution in [-0.2, 0) is 0 Å². The molecule has 0 aromatic heterocycles. The van der Waals surface area contributed by atoms with E-state index in [2.05, 4.69) is 24.4 Å². The van der Waals surface area contributed by atoms with Gasteiger partial charge in [0.15, 0.2) is 5.78 Å². The summed E-state index contributed by atoms with van der Waals surface area (Å²) in [6.45, 7) is 4.24. The second-order valence-corrected chi connectivity index (χ2v) is 6.13. The summed E-state index contributed by atoms with van der Waals surface area (Å²) in [5.74, 6) is 1.88. The van der Waals surface area contributed by atoms with E-state index in [1.807, 2.05) is 23.9 Å². The van der Waals surface area contributed by atoms with Gasteiger partial charge in [-0.05, 0) is 49.7 Å². The van der Waals surface area contributed by atoms with E-state index in [9.17, 15) is 4.79 Å². The predicted octanol–water partition coefficient (Wildman–Crippen LogP) is 3.37. The molecule has 1 N–H and O–H groups in total. The topological polar surface area (TPSA) is 29.1 Å². The number of hydrogen-bond acceptors (Lipinski definition) is 3. The van der Waals surface area contributed by atoms with Gasteiger partial charge in [-0.15, -0.1) is 11.8 Å². The van der Waals surface area contributed by atoms with Crippen molar-refractivity contribution in [2.75, 3.05) is 18.8 Å². The van der Waals surface area contributed by atoms with Crippen molar-refractivity contribution in [3.63, 3.8) is 0 Å². The number of ketones is 1. The zero-order valence-corrected chi connectivity index (χ0v) is 11.8. The number of thioether (sulfide) groups is 1. The van der Waals surface area contributed by atoms with Crippen molar-refractivity contribution in [1.29, 1.82) is 0 Å². The van der Waals surface area contributed by atoms with Crippen LogP contribution >= 0.6 is 11.8 Å². The van der Waals surface area contributed by atoms with Gasteiger partial charge in [0.25, 0.3) is 0 Å². The number of carbonyl (C=O) groups excluding carboxylic acids is 1. The van der Waals surface area contributed by atoms with Crippen LogP contribution in [0.3, 0.4) is 0 Å². The van der Waals surface area contributed by atoms with Crippen LogP contribution in [-0.4, -0.2) is 24.6 Å². The molecule has 2 nitrogen and oxygen atoms in total. The first-order chi connectivity index (χ1) is 8.79. The fourth-order valence-electron chi connectivity index (χ4n) is 2.38. The first kappa shape index (κ1) is 13.6. The molecule has 1 heterocycles. The Hall–Kier alpha value is -0.800. The molecule has 98 valence electrons. The maximum atomic E-state index is 12.1. The Morgan fingerprint density at radius 1 is 1.39 bits per heavy atom. The van der Waals surface area contributed by atoms with Crippen LogP contribution in [0.25, 0.3) is 0 Å². The molecular weight excluding hydrogens is 242 g/mol. The number of hydrogen-bond donors (Lipinski definition) is 1. The van der Waals surface area contributed by atoms with E-state index in [0.717, 1.165) is 24.4 Å². The summed E-state index contributed by atoms with van der Waals surface area (Å²) in [4.78, 5) is 13.4. The lowest BCUT2D eigenvalue weighted by atomic mass is 9.92. The van der Waals surface area contributed by atoms with Gasteiger partial charge in [-0.3, -0.25) is 4.79 Å². The molecule has 1 aliphatic rings. The van der Waals surface area contributed by atoms with Crippen LogP contribution in [0.15, 0.2) is 29.2 Å². The minimum absolute atomic E-state index is 0.289. The highest BCUT2D eigenvalue weighted by atomic mass is 32.2. The van der Waals surface area contributed by atoms with Crippen molar-refractivity contribution in [1.82, 2.24) is 5.32 Å². The predicted molar refractivity (Wildman–Crippen MR) is 77.4 cm³/mol. The van der Waals surface area contributed by atoms with Crippen molar-refractivity contribution in [2.45, 2.75) is 31.1 Å². The van der Waals surface area contributed by atoms with Gasteiger partial charge in [0, 0.05) is 16.9 Å². The molecule has 0 radical (unpaired) electrons. The highest BCUT2D eigenvalue weighted by Gasteiger charge is 2.17. The average Bonchev–Trinajstić information content (AvgIpc) is 2.41. The van der Waals surface area contributed by atoms with Gasteiger partial charge in [-0.1, -0.05) is 19.1 Å². The number of nitrogens with one attached hydrogen (secondary N) is 1. The van der Waals surface area contributed by atoms with Crippen molar-refractivity contribution in [3.05, 3.63) is 29.8 Å². The second kappa shape index (κ2) is 6.95. The quantitative estimate of drug-likeness (QED) is 0.652. The molecule has 1 unspecified atom stereocenters. The third-order valence-corrected chi connectivity index (χ3v) is 4.25. The summed E-state index contributed by atoms with van der Waals surface area (Å²) in [7, 11) is 0. The van der Waals surface area contributed by atoms with Gasteiger partial charge in [0.2, 0.25) is 0 Å². The second-order valence-electron chi connectivity index (χ2n) is 4.80. The maximum absolute atomic E-state index is 12.1. The normalized spacial score (nSPS) is 19.7. The van der Waals surface area contributed by atoms with Crippen LogP contribution < -0.4 is 5.32 Å². The molecule has 0 bridgehead atoms. The van der Waals surface area contributed by atoms with Gasteiger partial charge < -0.3 is 5.32 Å². The zero-order valence-electron chi connectivity index (χ0n) is 10.9. The summed E-state index contributed by atoms with van der Waals surface area (Å²) in [6.07, 6.45) is 3.07. The lowest BCUT2D eigenvalue weighted by molar-refractivity contribution is 0.0954. The Morgan fingerprint density at radius 2 is 2.17 bits per heavy atom. The fraction of sp³-hybridized carbons (Fsp3) is 0.533. The highest BCUT2D eigenvalue weighted by Crippen LogP contribution is 2.20. The van der Waals surface area contributed by atoms with Crippen LogP contribution in [0.2, 0.25) is 0 Å². The number of rotatable bonds is 5. The number of piperidine rings is 1. The number of Topliss-reactive ketones (excluding diaryl/α,β-unsaturated/α-hetero) is 1. The lowest BCUT2D eigenvalue weighted by Gasteiger charge is -2.21. The van der Waals surface area contributed by atoms with Crippen molar-refractivity contribution in [2.24, 2.45) is 5.92 Å². The molecule has 0 aliphatic carbocycles. The minimum atomic E-state index is 0.289. The van der Waals surface area contributed by atoms with Gasteiger partial charge in [-0.25, -0.2) is 0 Å². The maximum Gasteiger partial charge on any atom is 0.163 e. The smallest absolute Gasteiger partial charge is 0.163 e. The molecule has 2 rings (SSSR count). The Morgan fingerprint density at radius 3 is 2.78 bits per heavy atom. The summed E-state index contributed by atoms with van der Waals surface area (Å²) >= 11 is 1.81. The van der Waals surface area contributed by atoms with E-state index in [0.29, 0.717) is 12.3 Å². The number of carbonyl (C=O) groups is 1. The summed E-state index contributed by atoms with van der Waals surface area (Å²) in [6, 6.07) is 8.05. The molecule has 0 spiro atoms. The first-order valence-corrected chi connectivity index (χ1v) is 7.75. The fourth-order valence-corrected chi connectivity index (χ4v) is 3.04. The lowest BCUT2D eigenvalue weighted by Crippen LogP contribution is -2.31. The molecule has 1 saturated heterocycles. The van der Waals surface area contributed by atoms with Crippen LogP contribution in [0, 0.1) is 5.92 Å². The largest absolute Gasteiger partial charge is 0.316 e. The Kier molecular flexibility index (Phi) is 5.26. The van der Waals surface area contributed by atoms with E-state index in [1.54, 1.807) is 0 Å². The third-order valence-electron chi connectivity index (χ3n) is 3.36. The van der Waals surface area contributed by atoms with E-state index >= 15 is 0 Å². The Labute approximate surface area is 114 Å². The molecule has 18 heavy (non-hydrogen) atoms. The van der Waals surface area contributed by atoms with E-state index < -0.39 is 0 Å². The van der Waals surface area contributed by atoms with Crippen LogP contribution in [0.5, 0.6) is 0 Å². The number of benzene rings is 1. The average molecular weight is 263 g/mol. The molecule has 1 atom stereocenters. The third kappa shape index (κ3) is 3.85. The SMILES string of the molecule is CCSc1ccc(C(=O)CC2CCCNC2)cc1. The van der Waals surface area contributed by atoms with Gasteiger partial charge in [0.05, 0.1) is 0 Å². The molecular formula is C15H21NOS. The Balaban J connectivity index is 1.91. The van der Waals surface area contributed by atoms with Crippen molar-refractivity contribution < 1.29 is 4.79 Å². The van der Waals surface area contributed by atoms with E-state index in [1.165, 1.54) is 17.7 Å². The van der Waals surface area contributed by atoms with Crippen LogP contribution in [0.1, 0.15) is 36.5 Å². The van der Waals surface area contributed by atoms with Gasteiger partial charge >= 0.3 is 0 Å². The molecule has 1 aromatic rings. The van der Waals surface area contributed by atoms with Gasteiger partial charge in [-0.2, -0.15) is 0 Å². The Bertz CT molecular complexity index is 382. The molecule has 0 saturated carbocycles. The van der Waals surface area contributed by atoms with E-state index in [4.69, 9.17) is 0 Å². The van der Waals surface area contributed by atoms with Crippen molar-refractivity contribution in [3.8, 4) is 0 Å². The van der Waals surface area contributed by atoms with Crippen LogP contribution in [0.4, 0.5) is 0 Å². The highest BCUT2D eigenvalue weighted by molar-refractivity contribution is 7.99. The van der Waals surface area contributed by atoms with Crippen molar-refractivity contribution >= 4 is 17.5 Å². The molecule has 1 aromatic carbocycles. The van der Waals surface area contributed by atoms with E-state index in [-0.39, 0.29) is 5.78 Å². The summed E-state index contributed by atoms with van der Waals surface area (Å²) in [5.41, 5.74) is 0.862. The zero-order chi connectivity index (χ0) is 12.8. The standard InChI is InChI=1S/C15H21NOS/c1-2-18-14-7-5-13(6-8-14)15(17)10-12-4-3-9-16-11-12/h5-8,12,16H,2-4,9-11H2,1H3. The first-order valence-electron chi connectivity index (χ1n) is 6.76. The van der Waals surface area contributed by atoms with Gasteiger partial charge in [0.1, 0.15) is 0 Å². The minimum Gasteiger partial charge on any atom is -0.316 e. The molecule has 0 amide bonds. The summed E-state index contributed by atoms with van der Waals surface area (Å²) < 4.78 is 0. The molecule has 1 aliphatic heterocycles. The molecule has 3 heteroatoms. The molecule has 1 fully saturated rings. The summed E-state index contributed by atoms with van der Waals surface area (Å²) in [5, 5.41) is 3.36. The monoisotopic (exact) mass is 263 g/mol.